The Morgan fingerprint density at radius 2 is 2.29 bits per heavy atom. The molecular formula is C12H15ClN2O2. The standard InChI is InChI=1S/C12H15ClN2O2/c1-14-8-5-12(16)15(7-8)11-4-3-9(17-2)6-10(11)13/h3-4,6,8,14H,5,7H2,1-2H3. The van der Waals surface area contributed by atoms with Gasteiger partial charge in [0.15, 0.2) is 0 Å². The topological polar surface area (TPSA) is 41.6 Å². The molecule has 0 aromatic heterocycles. The molecule has 0 aliphatic carbocycles. The smallest absolute Gasteiger partial charge is 0.228 e. The van der Waals surface area contributed by atoms with Crippen LogP contribution in [-0.4, -0.2) is 32.7 Å². The molecule has 1 heterocycles. The SMILES string of the molecule is CNC1CC(=O)N(c2ccc(OC)cc2Cl)C1. The Bertz CT molecular complexity index is 437. The van der Waals surface area contributed by atoms with E-state index < -0.39 is 0 Å². The molecule has 1 N–H and O–H groups in total. The molecule has 5 heteroatoms. The van der Waals surface area contributed by atoms with E-state index in [2.05, 4.69) is 5.32 Å². The van der Waals surface area contributed by atoms with Gasteiger partial charge < -0.3 is 15.0 Å². The van der Waals surface area contributed by atoms with Crippen molar-refractivity contribution in [3.05, 3.63) is 23.2 Å². The fraction of sp³-hybridized carbons (Fsp3) is 0.417. The Hall–Kier alpha value is -1.26. The van der Waals surface area contributed by atoms with Crippen LogP contribution in [0.3, 0.4) is 0 Å². The van der Waals surface area contributed by atoms with Gasteiger partial charge in [0, 0.05) is 25.1 Å². The summed E-state index contributed by atoms with van der Waals surface area (Å²) in [5, 5.41) is 3.64. The van der Waals surface area contributed by atoms with Crippen molar-refractivity contribution in [2.24, 2.45) is 0 Å². The van der Waals surface area contributed by atoms with Gasteiger partial charge in [-0.15, -0.1) is 0 Å². The van der Waals surface area contributed by atoms with Crippen molar-refractivity contribution in [1.82, 2.24) is 5.32 Å². The van der Waals surface area contributed by atoms with Crippen LogP contribution in [0.1, 0.15) is 6.42 Å². The number of benzene rings is 1. The van der Waals surface area contributed by atoms with Crippen LogP contribution < -0.4 is 15.0 Å². The number of likely N-dealkylation sites (N-methyl/N-ethyl adjacent to an activating group) is 1. The van der Waals surface area contributed by atoms with Gasteiger partial charge in [0.2, 0.25) is 5.91 Å². The highest BCUT2D eigenvalue weighted by molar-refractivity contribution is 6.34. The van der Waals surface area contributed by atoms with E-state index in [0.29, 0.717) is 23.7 Å². The molecule has 1 saturated heterocycles. The first-order chi connectivity index (χ1) is 8.15. The van der Waals surface area contributed by atoms with E-state index in [1.165, 1.54) is 0 Å². The third-order valence-electron chi connectivity index (χ3n) is 2.98. The maximum Gasteiger partial charge on any atom is 0.228 e. The molecule has 1 aliphatic rings. The minimum Gasteiger partial charge on any atom is -0.497 e. The molecule has 1 aromatic rings. The summed E-state index contributed by atoms with van der Waals surface area (Å²) in [6.07, 6.45) is 0.513. The number of carbonyl (C=O) groups is 1. The normalized spacial score (nSPS) is 19.8. The van der Waals surface area contributed by atoms with Crippen molar-refractivity contribution in [3.8, 4) is 5.75 Å². The van der Waals surface area contributed by atoms with Crippen molar-refractivity contribution in [3.63, 3.8) is 0 Å². The summed E-state index contributed by atoms with van der Waals surface area (Å²) in [6, 6.07) is 5.54. The van der Waals surface area contributed by atoms with Gasteiger partial charge in [-0.05, 0) is 19.2 Å². The zero-order valence-electron chi connectivity index (χ0n) is 9.87. The summed E-state index contributed by atoms with van der Waals surface area (Å²) >= 11 is 6.15. The Kier molecular flexibility index (Phi) is 3.54. The number of hydrogen-bond donors (Lipinski definition) is 1. The molecule has 1 amide bonds. The fourth-order valence-corrected chi connectivity index (χ4v) is 2.24. The summed E-state index contributed by atoms with van der Waals surface area (Å²) in [5.41, 5.74) is 0.746. The minimum atomic E-state index is 0.0939. The zero-order chi connectivity index (χ0) is 12.4. The largest absolute Gasteiger partial charge is 0.497 e. The van der Waals surface area contributed by atoms with Crippen molar-refractivity contribution in [2.75, 3.05) is 25.6 Å². The van der Waals surface area contributed by atoms with Crippen LogP contribution in [-0.2, 0) is 4.79 Å². The van der Waals surface area contributed by atoms with Gasteiger partial charge in [0.1, 0.15) is 5.75 Å². The predicted octanol–water partition coefficient (Wildman–Crippen LogP) is 1.67. The molecule has 0 radical (unpaired) electrons. The van der Waals surface area contributed by atoms with Crippen LogP contribution in [0.25, 0.3) is 0 Å². The lowest BCUT2D eigenvalue weighted by molar-refractivity contribution is -0.117. The second kappa shape index (κ2) is 4.94. The second-order valence-corrected chi connectivity index (χ2v) is 4.42. The van der Waals surface area contributed by atoms with Gasteiger partial charge in [-0.25, -0.2) is 0 Å². The average Bonchev–Trinajstić information content (AvgIpc) is 2.70. The van der Waals surface area contributed by atoms with Gasteiger partial charge in [0.25, 0.3) is 0 Å². The highest BCUT2D eigenvalue weighted by Gasteiger charge is 2.30. The first kappa shape index (κ1) is 12.2. The quantitative estimate of drug-likeness (QED) is 0.892. The number of hydrogen-bond acceptors (Lipinski definition) is 3. The summed E-state index contributed by atoms with van der Waals surface area (Å²) in [6.45, 7) is 0.654. The average molecular weight is 255 g/mol. The van der Waals surface area contributed by atoms with Gasteiger partial charge in [-0.3, -0.25) is 4.79 Å². The highest BCUT2D eigenvalue weighted by Crippen LogP contribution is 2.32. The molecule has 1 aliphatic heterocycles. The Morgan fingerprint density at radius 1 is 1.53 bits per heavy atom. The van der Waals surface area contributed by atoms with Crippen LogP contribution in [0.5, 0.6) is 5.75 Å². The molecule has 2 rings (SSSR count). The number of rotatable bonds is 3. The van der Waals surface area contributed by atoms with E-state index in [1.807, 2.05) is 13.1 Å². The Morgan fingerprint density at radius 3 is 2.82 bits per heavy atom. The van der Waals surface area contributed by atoms with Gasteiger partial charge in [0.05, 0.1) is 17.8 Å². The van der Waals surface area contributed by atoms with Crippen LogP contribution in [0.2, 0.25) is 5.02 Å². The number of methoxy groups -OCH3 is 1. The van der Waals surface area contributed by atoms with Gasteiger partial charge in [-0.2, -0.15) is 0 Å². The molecule has 0 bridgehead atoms. The molecule has 1 aromatic carbocycles. The maximum absolute atomic E-state index is 11.8. The zero-order valence-corrected chi connectivity index (χ0v) is 10.6. The Labute approximate surface area is 106 Å². The number of halogens is 1. The van der Waals surface area contributed by atoms with Crippen LogP contribution >= 0.6 is 11.6 Å². The number of nitrogens with one attached hydrogen (secondary N) is 1. The predicted molar refractivity (Wildman–Crippen MR) is 67.8 cm³/mol. The number of anilines is 1. The first-order valence-corrected chi connectivity index (χ1v) is 5.84. The number of nitrogens with zero attached hydrogens (tertiary/aromatic N) is 1. The number of amides is 1. The lowest BCUT2D eigenvalue weighted by Gasteiger charge is -2.18. The fourth-order valence-electron chi connectivity index (χ4n) is 1.97. The van der Waals surface area contributed by atoms with Crippen molar-refractivity contribution >= 4 is 23.2 Å². The van der Waals surface area contributed by atoms with Crippen LogP contribution in [0, 0.1) is 0 Å². The molecule has 92 valence electrons. The summed E-state index contributed by atoms with van der Waals surface area (Å²) < 4.78 is 5.08. The molecule has 1 unspecified atom stereocenters. The second-order valence-electron chi connectivity index (χ2n) is 4.01. The highest BCUT2D eigenvalue weighted by atomic mass is 35.5. The van der Waals surface area contributed by atoms with Crippen molar-refractivity contribution in [1.29, 1.82) is 0 Å². The minimum absolute atomic E-state index is 0.0939. The lowest BCUT2D eigenvalue weighted by atomic mass is 10.2. The van der Waals surface area contributed by atoms with Gasteiger partial charge >= 0.3 is 0 Å². The molecule has 1 atom stereocenters. The summed E-state index contributed by atoms with van der Waals surface area (Å²) in [5.74, 6) is 0.784. The van der Waals surface area contributed by atoms with E-state index >= 15 is 0 Å². The number of carbonyl (C=O) groups excluding carboxylic acids is 1. The third kappa shape index (κ3) is 2.37. The van der Waals surface area contributed by atoms with E-state index in [4.69, 9.17) is 16.3 Å². The first-order valence-electron chi connectivity index (χ1n) is 5.47. The molecule has 1 fully saturated rings. The van der Waals surface area contributed by atoms with E-state index in [9.17, 15) is 4.79 Å². The van der Waals surface area contributed by atoms with Crippen molar-refractivity contribution in [2.45, 2.75) is 12.5 Å². The third-order valence-corrected chi connectivity index (χ3v) is 3.28. The Balaban J connectivity index is 2.26. The molecular weight excluding hydrogens is 240 g/mol. The van der Waals surface area contributed by atoms with E-state index in [-0.39, 0.29) is 11.9 Å². The molecule has 0 spiro atoms. The maximum atomic E-state index is 11.8. The van der Waals surface area contributed by atoms with Crippen LogP contribution in [0.15, 0.2) is 18.2 Å². The van der Waals surface area contributed by atoms with Gasteiger partial charge in [-0.1, -0.05) is 11.6 Å². The van der Waals surface area contributed by atoms with E-state index in [1.54, 1.807) is 24.1 Å². The summed E-state index contributed by atoms with van der Waals surface area (Å²) in [7, 11) is 3.44. The van der Waals surface area contributed by atoms with Crippen molar-refractivity contribution < 1.29 is 9.53 Å². The number of ether oxygens (including phenoxy) is 1. The monoisotopic (exact) mass is 254 g/mol. The molecule has 0 saturated carbocycles. The molecule has 17 heavy (non-hydrogen) atoms. The molecule has 4 nitrogen and oxygen atoms in total. The summed E-state index contributed by atoms with van der Waals surface area (Å²) in [4.78, 5) is 13.6. The van der Waals surface area contributed by atoms with E-state index in [0.717, 1.165) is 5.69 Å². The lowest BCUT2D eigenvalue weighted by Crippen LogP contribution is -2.30. The van der Waals surface area contributed by atoms with Crippen LogP contribution in [0.4, 0.5) is 5.69 Å².